The van der Waals surface area contributed by atoms with Crippen LogP contribution in [0.25, 0.3) is 0 Å². The molecule has 1 aliphatic rings. The SMILES string of the molecule is C=CCn1c(CCN2CCCCC2)nnc1SCC(=O)NC(C)(C)C. The third kappa shape index (κ3) is 6.82. The number of amides is 1. The number of hydrogen-bond donors (Lipinski definition) is 1. The molecule has 0 bridgehead atoms. The average molecular weight is 366 g/mol. The van der Waals surface area contributed by atoms with E-state index in [2.05, 4.69) is 31.6 Å². The molecule has 0 aromatic carbocycles. The van der Waals surface area contributed by atoms with Gasteiger partial charge in [0.1, 0.15) is 5.82 Å². The van der Waals surface area contributed by atoms with Crippen molar-refractivity contribution in [2.75, 3.05) is 25.4 Å². The Kier molecular flexibility index (Phi) is 7.50. The molecule has 7 heteroatoms. The van der Waals surface area contributed by atoms with Crippen LogP contribution < -0.4 is 5.32 Å². The molecule has 25 heavy (non-hydrogen) atoms. The molecular formula is C18H31N5OS. The summed E-state index contributed by atoms with van der Waals surface area (Å²) in [5.41, 5.74) is -0.216. The van der Waals surface area contributed by atoms with Crippen LogP contribution in [0.5, 0.6) is 0 Å². The highest BCUT2D eigenvalue weighted by Crippen LogP contribution is 2.18. The van der Waals surface area contributed by atoms with E-state index < -0.39 is 0 Å². The Morgan fingerprint density at radius 2 is 2.00 bits per heavy atom. The topological polar surface area (TPSA) is 63.1 Å². The Labute approximate surface area is 155 Å². The number of piperidine rings is 1. The quantitative estimate of drug-likeness (QED) is 0.566. The Balaban J connectivity index is 1.93. The van der Waals surface area contributed by atoms with Gasteiger partial charge in [-0.05, 0) is 46.7 Å². The highest BCUT2D eigenvalue weighted by atomic mass is 32.2. The second-order valence-corrected chi connectivity index (χ2v) is 8.48. The molecule has 2 heterocycles. The predicted octanol–water partition coefficient (Wildman–Crippen LogP) is 2.50. The summed E-state index contributed by atoms with van der Waals surface area (Å²) in [5.74, 6) is 1.34. The maximum absolute atomic E-state index is 12.0. The molecule has 1 amide bonds. The van der Waals surface area contributed by atoms with Gasteiger partial charge in [-0.2, -0.15) is 0 Å². The highest BCUT2D eigenvalue weighted by Gasteiger charge is 2.18. The van der Waals surface area contributed by atoms with Crippen molar-refractivity contribution in [2.24, 2.45) is 0 Å². The number of aromatic nitrogens is 3. The van der Waals surface area contributed by atoms with E-state index in [1.807, 2.05) is 26.8 Å². The number of carbonyl (C=O) groups excluding carboxylic acids is 1. The van der Waals surface area contributed by atoms with Gasteiger partial charge in [0.2, 0.25) is 5.91 Å². The monoisotopic (exact) mass is 365 g/mol. The van der Waals surface area contributed by atoms with Crippen molar-refractivity contribution < 1.29 is 4.79 Å². The molecule has 1 aromatic rings. The summed E-state index contributed by atoms with van der Waals surface area (Å²) in [5, 5.41) is 12.4. The van der Waals surface area contributed by atoms with Gasteiger partial charge in [0.05, 0.1) is 5.75 Å². The lowest BCUT2D eigenvalue weighted by atomic mass is 10.1. The molecule has 2 rings (SSSR count). The Hall–Kier alpha value is -1.34. The van der Waals surface area contributed by atoms with Gasteiger partial charge in [-0.1, -0.05) is 24.3 Å². The number of nitrogens with zero attached hydrogens (tertiary/aromatic N) is 4. The molecule has 6 nitrogen and oxygen atoms in total. The fourth-order valence-electron chi connectivity index (χ4n) is 2.95. The zero-order chi connectivity index (χ0) is 18.3. The molecular weight excluding hydrogens is 334 g/mol. The van der Waals surface area contributed by atoms with Crippen molar-refractivity contribution in [3.63, 3.8) is 0 Å². The number of hydrogen-bond acceptors (Lipinski definition) is 5. The second-order valence-electron chi connectivity index (χ2n) is 7.54. The first kappa shape index (κ1) is 20.0. The van der Waals surface area contributed by atoms with Crippen LogP contribution in [0, 0.1) is 0 Å². The highest BCUT2D eigenvalue weighted by molar-refractivity contribution is 7.99. The van der Waals surface area contributed by atoms with Gasteiger partial charge in [0.25, 0.3) is 0 Å². The van der Waals surface area contributed by atoms with Crippen molar-refractivity contribution in [2.45, 2.75) is 63.7 Å². The predicted molar refractivity (Wildman–Crippen MR) is 103 cm³/mol. The maximum atomic E-state index is 12.0. The third-order valence-corrected chi connectivity index (χ3v) is 5.02. The lowest BCUT2D eigenvalue weighted by Gasteiger charge is -2.26. The van der Waals surface area contributed by atoms with Crippen molar-refractivity contribution in [3.8, 4) is 0 Å². The molecule has 1 N–H and O–H groups in total. The van der Waals surface area contributed by atoms with Gasteiger partial charge in [-0.25, -0.2) is 0 Å². The van der Waals surface area contributed by atoms with Crippen LogP contribution in [0.4, 0.5) is 0 Å². The largest absolute Gasteiger partial charge is 0.351 e. The molecule has 0 unspecified atom stereocenters. The van der Waals surface area contributed by atoms with E-state index in [1.165, 1.54) is 44.1 Å². The normalized spacial score (nSPS) is 16.0. The van der Waals surface area contributed by atoms with Crippen molar-refractivity contribution in [1.82, 2.24) is 25.0 Å². The lowest BCUT2D eigenvalue weighted by molar-refractivity contribution is -0.119. The van der Waals surface area contributed by atoms with Crippen LogP contribution in [0.3, 0.4) is 0 Å². The molecule has 140 valence electrons. The summed E-state index contributed by atoms with van der Waals surface area (Å²) in [4.78, 5) is 14.5. The molecule has 0 radical (unpaired) electrons. The first-order valence-corrected chi connectivity index (χ1v) is 10.1. The standard InChI is InChI=1S/C18H31N5OS/c1-5-10-23-15(9-13-22-11-7-6-8-12-22)20-21-17(23)25-14-16(24)19-18(2,3)4/h5H,1,6-14H2,2-4H3,(H,19,24). The van der Waals surface area contributed by atoms with Crippen LogP contribution in [-0.4, -0.2) is 56.5 Å². The average Bonchev–Trinajstić information content (AvgIpc) is 2.93. The summed E-state index contributed by atoms with van der Waals surface area (Å²) in [6.45, 7) is 13.8. The number of likely N-dealkylation sites (tertiary alicyclic amines) is 1. The smallest absolute Gasteiger partial charge is 0.230 e. The first-order valence-electron chi connectivity index (χ1n) is 9.08. The van der Waals surface area contributed by atoms with E-state index in [0.717, 1.165) is 23.9 Å². The fourth-order valence-corrected chi connectivity index (χ4v) is 3.72. The zero-order valence-electron chi connectivity index (χ0n) is 15.8. The number of nitrogens with one attached hydrogen (secondary N) is 1. The molecule has 1 aliphatic heterocycles. The van der Waals surface area contributed by atoms with E-state index in [1.54, 1.807) is 0 Å². The molecule has 1 fully saturated rings. The third-order valence-electron chi connectivity index (χ3n) is 4.05. The molecule has 1 aromatic heterocycles. The summed E-state index contributed by atoms with van der Waals surface area (Å²) >= 11 is 1.43. The van der Waals surface area contributed by atoms with Crippen LogP contribution in [0.15, 0.2) is 17.8 Å². The Bertz CT molecular complexity index is 573. The van der Waals surface area contributed by atoms with Crippen LogP contribution in [-0.2, 0) is 17.8 Å². The maximum Gasteiger partial charge on any atom is 0.230 e. The summed E-state index contributed by atoms with van der Waals surface area (Å²) < 4.78 is 2.08. The summed E-state index contributed by atoms with van der Waals surface area (Å²) in [6, 6.07) is 0. The number of rotatable bonds is 8. The molecule has 1 saturated heterocycles. The zero-order valence-corrected chi connectivity index (χ0v) is 16.6. The number of allylic oxidation sites excluding steroid dienone is 1. The number of carbonyl (C=O) groups is 1. The summed E-state index contributed by atoms with van der Waals surface area (Å²) in [7, 11) is 0. The van der Waals surface area contributed by atoms with E-state index in [0.29, 0.717) is 12.3 Å². The Morgan fingerprint density at radius 1 is 1.28 bits per heavy atom. The minimum absolute atomic E-state index is 0.0144. The first-order chi connectivity index (χ1) is 11.9. The van der Waals surface area contributed by atoms with E-state index in [9.17, 15) is 4.79 Å². The van der Waals surface area contributed by atoms with Crippen LogP contribution in [0.1, 0.15) is 45.9 Å². The van der Waals surface area contributed by atoms with Gasteiger partial charge in [-0.3, -0.25) is 4.79 Å². The van der Waals surface area contributed by atoms with E-state index in [4.69, 9.17) is 0 Å². The fraction of sp³-hybridized carbons (Fsp3) is 0.722. The summed E-state index contributed by atoms with van der Waals surface area (Å²) in [6.07, 6.45) is 6.68. The van der Waals surface area contributed by atoms with Crippen molar-refractivity contribution >= 4 is 17.7 Å². The van der Waals surface area contributed by atoms with Crippen LogP contribution in [0.2, 0.25) is 0 Å². The Morgan fingerprint density at radius 3 is 2.64 bits per heavy atom. The number of thioether (sulfide) groups is 1. The van der Waals surface area contributed by atoms with Crippen molar-refractivity contribution in [1.29, 1.82) is 0 Å². The van der Waals surface area contributed by atoms with Crippen molar-refractivity contribution in [3.05, 3.63) is 18.5 Å². The molecule has 0 aliphatic carbocycles. The molecule has 0 atom stereocenters. The van der Waals surface area contributed by atoms with Gasteiger partial charge in [0, 0.05) is 25.0 Å². The van der Waals surface area contributed by atoms with Gasteiger partial charge >= 0.3 is 0 Å². The van der Waals surface area contributed by atoms with E-state index >= 15 is 0 Å². The minimum Gasteiger partial charge on any atom is -0.351 e. The van der Waals surface area contributed by atoms with Gasteiger partial charge < -0.3 is 14.8 Å². The second kappa shape index (κ2) is 9.38. The molecule has 0 saturated carbocycles. The lowest BCUT2D eigenvalue weighted by Crippen LogP contribution is -2.41. The van der Waals surface area contributed by atoms with Gasteiger partial charge in [0.15, 0.2) is 5.16 Å². The minimum atomic E-state index is -0.216. The van der Waals surface area contributed by atoms with E-state index in [-0.39, 0.29) is 11.4 Å². The van der Waals surface area contributed by atoms with Crippen LogP contribution >= 0.6 is 11.8 Å². The molecule has 0 spiro atoms. The van der Waals surface area contributed by atoms with Gasteiger partial charge in [-0.15, -0.1) is 16.8 Å².